The lowest BCUT2D eigenvalue weighted by Gasteiger charge is -2.29. The zero-order valence-electron chi connectivity index (χ0n) is 11.5. The van der Waals surface area contributed by atoms with Crippen molar-refractivity contribution in [1.29, 1.82) is 5.26 Å². The van der Waals surface area contributed by atoms with Crippen LogP contribution in [0.25, 0.3) is 0 Å². The van der Waals surface area contributed by atoms with Gasteiger partial charge in [-0.25, -0.2) is 8.78 Å². The molecule has 2 bridgehead atoms. The summed E-state index contributed by atoms with van der Waals surface area (Å²) >= 11 is 0. The fourth-order valence-corrected chi connectivity index (χ4v) is 4.02. The summed E-state index contributed by atoms with van der Waals surface area (Å²) in [4.78, 5) is 0. The van der Waals surface area contributed by atoms with Crippen LogP contribution in [0.15, 0.2) is 12.1 Å². The zero-order valence-corrected chi connectivity index (χ0v) is 11.5. The fourth-order valence-electron chi connectivity index (χ4n) is 4.02. The Bertz CT molecular complexity index is 541. The molecule has 0 radical (unpaired) electrons. The molecule has 0 amide bonds. The largest absolute Gasteiger partial charge is 0.378 e. The lowest BCUT2D eigenvalue weighted by atomic mass is 9.84. The highest BCUT2D eigenvalue weighted by molar-refractivity contribution is 5.51. The molecule has 0 spiro atoms. The summed E-state index contributed by atoms with van der Waals surface area (Å²) in [7, 11) is 0. The summed E-state index contributed by atoms with van der Waals surface area (Å²) in [5.74, 6) is 0.646. The van der Waals surface area contributed by atoms with Gasteiger partial charge in [0, 0.05) is 6.04 Å². The molecule has 2 aliphatic carbocycles. The standard InChI is InChI=1S/C16H18F2N2/c1-9(13-5-10-2-3-12(13)4-10)20-16-14(17)6-11(8-19)7-15(16)18/h6-7,9-10,12-13,20H,2-5H2,1H3. The monoisotopic (exact) mass is 276 g/mol. The second-order valence-electron chi connectivity index (χ2n) is 6.20. The highest BCUT2D eigenvalue weighted by atomic mass is 19.1. The van der Waals surface area contributed by atoms with Crippen LogP contribution in [-0.4, -0.2) is 6.04 Å². The molecular weight excluding hydrogens is 258 g/mol. The van der Waals surface area contributed by atoms with E-state index in [1.807, 2.05) is 6.92 Å². The Kier molecular flexibility index (Phi) is 3.37. The van der Waals surface area contributed by atoms with Crippen molar-refractivity contribution in [3.63, 3.8) is 0 Å². The molecule has 106 valence electrons. The van der Waals surface area contributed by atoms with Crippen molar-refractivity contribution < 1.29 is 8.78 Å². The van der Waals surface area contributed by atoms with Gasteiger partial charge in [-0.05, 0) is 56.1 Å². The Morgan fingerprint density at radius 3 is 2.45 bits per heavy atom. The number of hydrogen-bond donors (Lipinski definition) is 1. The number of nitriles is 1. The second-order valence-corrected chi connectivity index (χ2v) is 6.20. The maximum Gasteiger partial charge on any atom is 0.150 e. The van der Waals surface area contributed by atoms with E-state index in [1.54, 1.807) is 6.07 Å². The van der Waals surface area contributed by atoms with Crippen LogP contribution in [0.4, 0.5) is 14.5 Å². The molecule has 1 aromatic rings. The summed E-state index contributed by atoms with van der Waals surface area (Å²) in [5.41, 5.74) is -0.0857. The van der Waals surface area contributed by atoms with Crippen molar-refractivity contribution in [2.75, 3.05) is 5.32 Å². The van der Waals surface area contributed by atoms with Crippen molar-refractivity contribution in [3.8, 4) is 6.07 Å². The van der Waals surface area contributed by atoms with Crippen LogP contribution in [0, 0.1) is 40.7 Å². The van der Waals surface area contributed by atoms with Gasteiger partial charge in [0.25, 0.3) is 0 Å². The van der Waals surface area contributed by atoms with E-state index in [0.717, 1.165) is 18.1 Å². The molecule has 4 heteroatoms. The highest BCUT2D eigenvalue weighted by Gasteiger charge is 2.42. The molecule has 3 rings (SSSR count). The predicted molar refractivity (Wildman–Crippen MR) is 73.1 cm³/mol. The van der Waals surface area contributed by atoms with Crippen LogP contribution in [0.5, 0.6) is 0 Å². The van der Waals surface area contributed by atoms with E-state index in [4.69, 9.17) is 5.26 Å². The van der Waals surface area contributed by atoms with Crippen LogP contribution in [0.2, 0.25) is 0 Å². The van der Waals surface area contributed by atoms with E-state index in [-0.39, 0.29) is 17.3 Å². The summed E-state index contributed by atoms with van der Waals surface area (Å²) in [6.45, 7) is 2.00. The van der Waals surface area contributed by atoms with Crippen molar-refractivity contribution in [2.24, 2.45) is 17.8 Å². The molecule has 2 fully saturated rings. The van der Waals surface area contributed by atoms with E-state index in [1.165, 1.54) is 25.7 Å². The lowest BCUT2D eigenvalue weighted by molar-refractivity contribution is 0.303. The third-order valence-corrected chi connectivity index (χ3v) is 4.98. The van der Waals surface area contributed by atoms with Crippen LogP contribution in [0.1, 0.15) is 38.2 Å². The van der Waals surface area contributed by atoms with Gasteiger partial charge in [0.05, 0.1) is 11.6 Å². The third-order valence-electron chi connectivity index (χ3n) is 4.98. The predicted octanol–water partition coefficient (Wildman–Crippen LogP) is 4.07. The molecule has 1 N–H and O–H groups in total. The van der Waals surface area contributed by atoms with Gasteiger partial charge in [-0.15, -0.1) is 0 Å². The van der Waals surface area contributed by atoms with Crippen LogP contribution >= 0.6 is 0 Å². The van der Waals surface area contributed by atoms with Crippen molar-refractivity contribution >= 4 is 5.69 Å². The van der Waals surface area contributed by atoms with Crippen molar-refractivity contribution in [2.45, 2.75) is 38.6 Å². The summed E-state index contributed by atoms with van der Waals surface area (Å²) < 4.78 is 27.8. The van der Waals surface area contributed by atoms with Crippen LogP contribution in [-0.2, 0) is 0 Å². The van der Waals surface area contributed by atoms with E-state index in [9.17, 15) is 8.78 Å². The number of hydrogen-bond acceptors (Lipinski definition) is 2. The smallest absolute Gasteiger partial charge is 0.150 e. The molecule has 2 aliphatic rings. The summed E-state index contributed by atoms with van der Waals surface area (Å²) in [5, 5.41) is 11.7. The number of halogens is 2. The van der Waals surface area contributed by atoms with Gasteiger partial charge in [-0.2, -0.15) is 5.26 Å². The van der Waals surface area contributed by atoms with Gasteiger partial charge in [0.1, 0.15) is 5.69 Å². The van der Waals surface area contributed by atoms with E-state index in [2.05, 4.69) is 5.32 Å². The van der Waals surface area contributed by atoms with Gasteiger partial charge < -0.3 is 5.32 Å². The minimum Gasteiger partial charge on any atom is -0.378 e. The first-order valence-electron chi connectivity index (χ1n) is 7.24. The number of nitrogens with zero attached hydrogens (tertiary/aromatic N) is 1. The van der Waals surface area contributed by atoms with Gasteiger partial charge in [0.15, 0.2) is 11.6 Å². The molecular formula is C16H18F2N2. The van der Waals surface area contributed by atoms with Crippen LogP contribution in [0.3, 0.4) is 0 Å². The van der Waals surface area contributed by atoms with Crippen LogP contribution < -0.4 is 5.32 Å². The van der Waals surface area contributed by atoms with Crippen molar-refractivity contribution in [3.05, 3.63) is 29.3 Å². The van der Waals surface area contributed by atoms with E-state index < -0.39 is 11.6 Å². The summed E-state index contributed by atoms with van der Waals surface area (Å²) in [6.07, 6.45) is 5.00. The molecule has 0 heterocycles. The van der Waals surface area contributed by atoms with E-state index >= 15 is 0 Å². The maximum absolute atomic E-state index is 13.9. The number of rotatable bonds is 3. The molecule has 2 saturated carbocycles. The normalized spacial score (nSPS) is 29.2. The Balaban J connectivity index is 1.76. The summed E-state index contributed by atoms with van der Waals surface area (Å²) in [6, 6.07) is 3.98. The molecule has 1 aromatic carbocycles. The molecule has 4 atom stereocenters. The Morgan fingerprint density at radius 2 is 1.95 bits per heavy atom. The number of benzene rings is 1. The second kappa shape index (κ2) is 5.05. The SMILES string of the molecule is CC(Nc1c(F)cc(C#N)cc1F)C1CC2CCC1C2. The Hall–Kier alpha value is -1.63. The first kappa shape index (κ1) is 13.4. The maximum atomic E-state index is 13.9. The minimum absolute atomic E-state index is 0.0122. The third kappa shape index (κ3) is 2.26. The quantitative estimate of drug-likeness (QED) is 0.903. The minimum atomic E-state index is -0.684. The first-order valence-corrected chi connectivity index (χ1v) is 7.24. The molecule has 0 aromatic heterocycles. The van der Waals surface area contributed by atoms with E-state index in [0.29, 0.717) is 11.8 Å². The Labute approximate surface area is 117 Å². The van der Waals surface area contributed by atoms with Gasteiger partial charge in [-0.3, -0.25) is 0 Å². The number of nitrogens with one attached hydrogen (secondary N) is 1. The van der Waals surface area contributed by atoms with Gasteiger partial charge >= 0.3 is 0 Å². The van der Waals surface area contributed by atoms with Crippen molar-refractivity contribution in [1.82, 2.24) is 0 Å². The van der Waals surface area contributed by atoms with Gasteiger partial charge in [-0.1, -0.05) is 6.42 Å². The molecule has 0 aliphatic heterocycles. The Morgan fingerprint density at radius 1 is 1.25 bits per heavy atom. The zero-order chi connectivity index (χ0) is 14.3. The number of fused-ring (bicyclic) bond motifs is 2. The lowest BCUT2D eigenvalue weighted by Crippen LogP contribution is -2.30. The molecule has 20 heavy (non-hydrogen) atoms. The molecule has 2 nitrogen and oxygen atoms in total. The van der Waals surface area contributed by atoms with Gasteiger partial charge in [0.2, 0.25) is 0 Å². The topological polar surface area (TPSA) is 35.8 Å². The number of anilines is 1. The molecule has 0 saturated heterocycles. The average Bonchev–Trinajstić information content (AvgIpc) is 3.04. The fraction of sp³-hybridized carbons (Fsp3) is 0.562. The molecule has 4 unspecified atom stereocenters. The first-order chi connectivity index (χ1) is 9.58. The average molecular weight is 276 g/mol. The highest BCUT2D eigenvalue weighted by Crippen LogP contribution is 2.50.